The van der Waals surface area contributed by atoms with Gasteiger partial charge in [-0.25, -0.2) is 0 Å². The lowest BCUT2D eigenvalue weighted by atomic mass is 10.1. The Morgan fingerprint density at radius 1 is 1.26 bits per heavy atom. The van der Waals surface area contributed by atoms with Gasteiger partial charge in [-0.15, -0.1) is 0 Å². The van der Waals surface area contributed by atoms with Gasteiger partial charge in [0.2, 0.25) is 5.75 Å². The third-order valence-corrected chi connectivity index (χ3v) is 3.90. The van der Waals surface area contributed by atoms with Crippen molar-refractivity contribution in [2.75, 3.05) is 20.8 Å². The van der Waals surface area contributed by atoms with E-state index in [9.17, 15) is 5.11 Å². The molecule has 1 aromatic carbocycles. The average molecular weight is 265 g/mol. The minimum Gasteiger partial charge on any atom is -0.502 e. The summed E-state index contributed by atoms with van der Waals surface area (Å²) in [6, 6.07) is 4.46. The van der Waals surface area contributed by atoms with Crippen molar-refractivity contribution in [3.63, 3.8) is 0 Å². The van der Waals surface area contributed by atoms with Gasteiger partial charge in [0.05, 0.1) is 14.2 Å². The molecule has 1 unspecified atom stereocenters. The fourth-order valence-corrected chi connectivity index (χ4v) is 2.84. The van der Waals surface area contributed by atoms with Crippen LogP contribution in [0.1, 0.15) is 31.7 Å². The van der Waals surface area contributed by atoms with Gasteiger partial charge in [-0.1, -0.05) is 6.92 Å². The number of rotatable bonds is 5. The first kappa shape index (κ1) is 14.0. The third-order valence-electron chi connectivity index (χ3n) is 3.90. The zero-order valence-corrected chi connectivity index (χ0v) is 12.0. The van der Waals surface area contributed by atoms with E-state index in [2.05, 4.69) is 11.8 Å². The second-order valence-electron chi connectivity index (χ2n) is 5.02. The molecule has 19 heavy (non-hydrogen) atoms. The van der Waals surface area contributed by atoms with Crippen LogP contribution in [0.4, 0.5) is 0 Å². The van der Waals surface area contributed by atoms with Gasteiger partial charge >= 0.3 is 0 Å². The van der Waals surface area contributed by atoms with E-state index in [-0.39, 0.29) is 5.75 Å². The van der Waals surface area contributed by atoms with Crippen LogP contribution in [-0.2, 0) is 6.54 Å². The van der Waals surface area contributed by atoms with Crippen molar-refractivity contribution in [2.24, 2.45) is 0 Å². The smallest absolute Gasteiger partial charge is 0.200 e. The topological polar surface area (TPSA) is 41.9 Å². The minimum absolute atomic E-state index is 0.0715. The minimum atomic E-state index is 0.0715. The van der Waals surface area contributed by atoms with Crippen molar-refractivity contribution in [1.29, 1.82) is 0 Å². The molecule has 0 bridgehead atoms. The van der Waals surface area contributed by atoms with Crippen LogP contribution in [0.3, 0.4) is 0 Å². The molecule has 1 N–H and O–H groups in total. The van der Waals surface area contributed by atoms with E-state index in [0.29, 0.717) is 17.5 Å². The number of phenols is 1. The molecule has 1 aromatic rings. The number of ether oxygens (including phenoxy) is 2. The van der Waals surface area contributed by atoms with Gasteiger partial charge in [0.15, 0.2) is 11.5 Å². The highest BCUT2D eigenvalue weighted by Crippen LogP contribution is 2.37. The highest BCUT2D eigenvalue weighted by molar-refractivity contribution is 5.52. The third kappa shape index (κ3) is 2.95. The number of aromatic hydroxyl groups is 1. The van der Waals surface area contributed by atoms with E-state index in [1.165, 1.54) is 19.3 Å². The molecule has 1 fully saturated rings. The lowest BCUT2D eigenvalue weighted by molar-refractivity contribution is 0.239. The average Bonchev–Trinajstić information content (AvgIpc) is 2.87. The summed E-state index contributed by atoms with van der Waals surface area (Å²) < 4.78 is 10.4. The summed E-state index contributed by atoms with van der Waals surface area (Å²) in [5.41, 5.74) is 1.12. The number of hydrogen-bond donors (Lipinski definition) is 1. The number of likely N-dealkylation sites (tertiary alicyclic amines) is 1. The number of hydrogen-bond acceptors (Lipinski definition) is 4. The predicted molar refractivity (Wildman–Crippen MR) is 74.9 cm³/mol. The second kappa shape index (κ2) is 6.15. The van der Waals surface area contributed by atoms with Gasteiger partial charge in [0, 0.05) is 12.6 Å². The summed E-state index contributed by atoms with van der Waals surface area (Å²) in [4.78, 5) is 2.49. The Bertz CT molecular complexity index is 408. The molecule has 4 heteroatoms. The zero-order valence-electron chi connectivity index (χ0n) is 12.0. The van der Waals surface area contributed by atoms with E-state index in [1.807, 2.05) is 12.1 Å². The number of benzene rings is 1. The quantitative estimate of drug-likeness (QED) is 0.889. The van der Waals surface area contributed by atoms with Crippen molar-refractivity contribution in [1.82, 2.24) is 4.90 Å². The lowest BCUT2D eigenvalue weighted by Crippen LogP contribution is -2.28. The molecular formula is C15H23NO3. The lowest BCUT2D eigenvalue weighted by Gasteiger charge is -2.24. The summed E-state index contributed by atoms with van der Waals surface area (Å²) in [5.74, 6) is 1.02. The van der Waals surface area contributed by atoms with Gasteiger partial charge < -0.3 is 14.6 Å². The SMILES string of the molecule is CCC1CCCN1Cc1cc(OC)c(O)c(OC)c1. The maximum atomic E-state index is 9.91. The van der Waals surface area contributed by atoms with Crippen molar-refractivity contribution < 1.29 is 14.6 Å². The maximum Gasteiger partial charge on any atom is 0.200 e. The highest BCUT2D eigenvalue weighted by Gasteiger charge is 2.23. The summed E-state index contributed by atoms with van der Waals surface area (Å²) >= 11 is 0. The summed E-state index contributed by atoms with van der Waals surface area (Å²) in [6.45, 7) is 4.26. The monoisotopic (exact) mass is 265 g/mol. The van der Waals surface area contributed by atoms with Crippen molar-refractivity contribution in [2.45, 2.75) is 38.8 Å². The summed E-state index contributed by atoms with van der Waals surface area (Å²) in [5, 5.41) is 9.91. The fourth-order valence-electron chi connectivity index (χ4n) is 2.84. The van der Waals surface area contributed by atoms with E-state index < -0.39 is 0 Å². The number of phenolic OH excluding ortho intramolecular Hbond substituents is 1. The standard InChI is InChI=1S/C15H23NO3/c1-4-12-6-5-7-16(12)10-11-8-13(18-2)15(17)14(9-11)19-3/h8-9,12,17H,4-7,10H2,1-3H3. The number of methoxy groups -OCH3 is 2. The first-order valence-corrected chi connectivity index (χ1v) is 6.87. The largest absolute Gasteiger partial charge is 0.502 e. The molecule has 106 valence electrons. The van der Waals surface area contributed by atoms with E-state index in [0.717, 1.165) is 18.7 Å². The van der Waals surface area contributed by atoms with Gasteiger partial charge in [0.1, 0.15) is 0 Å². The number of nitrogens with zero attached hydrogens (tertiary/aromatic N) is 1. The first-order chi connectivity index (χ1) is 9.19. The van der Waals surface area contributed by atoms with Crippen LogP contribution < -0.4 is 9.47 Å². The molecule has 1 aliphatic rings. The Morgan fingerprint density at radius 3 is 2.42 bits per heavy atom. The van der Waals surface area contributed by atoms with Gasteiger partial charge in [0.25, 0.3) is 0 Å². The van der Waals surface area contributed by atoms with Crippen LogP contribution in [-0.4, -0.2) is 36.8 Å². The Labute approximate surface area is 114 Å². The molecule has 1 heterocycles. The Morgan fingerprint density at radius 2 is 1.89 bits per heavy atom. The molecule has 0 saturated carbocycles. The molecule has 0 aliphatic carbocycles. The first-order valence-electron chi connectivity index (χ1n) is 6.87. The molecule has 4 nitrogen and oxygen atoms in total. The molecule has 1 atom stereocenters. The van der Waals surface area contributed by atoms with Crippen LogP contribution in [0, 0.1) is 0 Å². The highest BCUT2D eigenvalue weighted by atomic mass is 16.5. The van der Waals surface area contributed by atoms with Crippen molar-refractivity contribution in [3.05, 3.63) is 17.7 Å². The van der Waals surface area contributed by atoms with Crippen LogP contribution in [0.25, 0.3) is 0 Å². The van der Waals surface area contributed by atoms with E-state index >= 15 is 0 Å². The van der Waals surface area contributed by atoms with Crippen molar-refractivity contribution in [3.8, 4) is 17.2 Å². The summed E-state index contributed by atoms with van der Waals surface area (Å²) in [6.07, 6.45) is 3.74. The molecule has 2 rings (SSSR count). The summed E-state index contributed by atoms with van der Waals surface area (Å²) in [7, 11) is 3.12. The van der Waals surface area contributed by atoms with Gasteiger partial charge in [-0.3, -0.25) is 4.90 Å². The van der Waals surface area contributed by atoms with Gasteiger partial charge in [-0.05, 0) is 43.5 Å². The van der Waals surface area contributed by atoms with E-state index in [1.54, 1.807) is 14.2 Å². The Balaban J connectivity index is 2.20. The molecule has 0 amide bonds. The molecule has 0 radical (unpaired) electrons. The maximum absolute atomic E-state index is 9.91. The molecule has 1 aliphatic heterocycles. The molecular weight excluding hydrogens is 242 g/mol. The Hall–Kier alpha value is -1.42. The normalized spacial score (nSPS) is 19.6. The fraction of sp³-hybridized carbons (Fsp3) is 0.600. The zero-order chi connectivity index (χ0) is 13.8. The van der Waals surface area contributed by atoms with Gasteiger partial charge in [-0.2, -0.15) is 0 Å². The van der Waals surface area contributed by atoms with E-state index in [4.69, 9.17) is 9.47 Å². The predicted octanol–water partition coefficient (Wildman–Crippen LogP) is 2.78. The van der Waals surface area contributed by atoms with Crippen molar-refractivity contribution >= 4 is 0 Å². The second-order valence-corrected chi connectivity index (χ2v) is 5.02. The molecule has 0 spiro atoms. The van der Waals surface area contributed by atoms with Crippen LogP contribution in [0.2, 0.25) is 0 Å². The van der Waals surface area contributed by atoms with Crippen LogP contribution >= 0.6 is 0 Å². The molecule has 1 saturated heterocycles. The van der Waals surface area contributed by atoms with Crippen LogP contribution in [0.15, 0.2) is 12.1 Å². The Kier molecular flexibility index (Phi) is 4.53. The molecule has 0 aromatic heterocycles. The van der Waals surface area contributed by atoms with Crippen LogP contribution in [0.5, 0.6) is 17.2 Å².